The highest BCUT2D eigenvalue weighted by Gasteiger charge is 2.23. The summed E-state index contributed by atoms with van der Waals surface area (Å²) >= 11 is 0. The van der Waals surface area contributed by atoms with Crippen molar-refractivity contribution in [3.05, 3.63) is 65.9 Å². The molecule has 0 N–H and O–H groups in total. The summed E-state index contributed by atoms with van der Waals surface area (Å²) in [6.45, 7) is 0. The number of hydrogen-bond acceptors (Lipinski definition) is 3. The van der Waals surface area contributed by atoms with Gasteiger partial charge in [0.2, 0.25) is 0 Å². The van der Waals surface area contributed by atoms with E-state index < -0.39 is 21.7 Å². The van der Waals surface area contributed by atoms with Crippen molar-refractivity contribution in [3.8, 4) is 0 Å². The molecule has 7 heteroatoms. The molecule has 0 aliphatic carbocycles. The van der Waals surface area contributed by atoms with Crippen molar-refractivity contribution in [3.63, 3.8) is 0 Å². The van der Waals surface area contributed by atoms with Crippen molar-refractivity contribution in [1.82, 2.24) is 3.97 Å². The van der Waals surface area contributed by atoms with Gasteiger partial charge in [0.25, 0.3) is 10.0 Å². The van der Waals surface area contributed by atoms with Gasteiger partial charge in [-0.2, -0.15) is 0 Å². The predicted octanol–water partition coefficient (Wildman–Crippen LogP) is 2.97. The van der Waals surface area contributed by atoms with Gasteiger partial charge in [-0.05, 0) is 24.3 Å². The normalized spacial score (nSPS) is 11.7. The van der Waals surface area contributed by atoms with Gasteiger partial charge in [0.1, 0.15) is 0 Å². The Kier molecular flexibility index (Phi) is 3.29. The average molecular weight is 321 g/mol. The predicted molar refractivity (Wildman–Crippen MR) is 76.3 cm³/mol. The largest absolute Gasteiger partial charge is 0.296 e. The van der Waals surface area contributed by atoms with Gasteiger partial charge in [-0.25, -0.2) is 21.2 Å². The van der Waals surface area contributed by atoms with Gasteiger partial charge in [0.05, 0.1) is 16.1 Å². The number of benzene rings is 2. The van der Waals surface area contributed by atoms with Crippen LogP contribution in [0.3, 0.4) is 0 Å². The van der Waals surface area contributed by atoms with E-state index in [4.69, 9.17) is 0 Å². The van der Waals surface area contributed by atoms with Crippen LogP contribution in [-0.4, -0.2) is 18.7 Å². The lowest BCUT2D eigenvalue weighted by Gasteiger charge is -2.09. The molecular formula is C15H9F2NO3S. The standard InChI is InChI=1S/C15H9F2NO3S/c16-13-7-10-6-11(9-19)18(15(10)8-14(13)17)22(20,21)12-4-2-1-3-5-12/h1-9H. The van der Waals surface area contributed by atoms with E-state index in [0.29, 0.717) is 10.3 Å². The maximum atomic E-state index is 13.5. The van der Waals surface area contributed by atoms with Crippen LogP contribution in [0.5, 0.6) is 0 Å². The Bertz CT molecular complexity index is 979. The van der Waals surface area contributed by atoms with Crippen LogP contribution < -0.4 is 0 Å². The third-order valence-electron chi connectivity index (χ3n) is 3.23. The zero-order valence-electron chi connectivity index (χ0n) is 11.0. The minimum absolute atomic E-state index is 0.0552. The molecule has 1 aromatic heterocycles. The molecule has 22 heavy (non-hydrogen) atoms. The molecule has 0 amide bonds. The number of nitrogens with zero attached hydrogens (tertiary/aromatic N) is 1. The van der Waals surface area contributed by atoms with Gasteiger partial charge in [-0.3, -0.25) is 4.79 Å². The van der Waals surface area contributed by atoms with E-state index in [9.17, 15) is 22.0 Å². The van der Waals surface area contributed by atoms with Crippen molar-refractivity contribution in [2.75, 3.05) is 0 Å². The number of hydrogen-bond donors (Lipinski definition) is 0. The number of aromatic nitrogens is 1. The Labute approximate surface area is 124 Å². The molecule has 3 aromatic rings. The Morgan fingerprint density at radius 1 is 0.955 bits per heavy atom. The molecule has 0 atom stereocenters. The van der Waals surface area contributed by atoms with Gasteiger partial charge >= 0.3 is 0 Å². The Balaban J connectivity index is 2.39. The molecule has 3 rings (SSSR count). The van der Waals surface area contributed by atoms with Gasteiger partial charge in [0, 0.05) is 11.5 Å². The molecule has 1 heterocycles. The molecule has 0 radical (unpaired) electrons. The molecule has 0 aliphatic heterocycles. The quantitative estimate of drug-likeness (QED) is 0.697. The van der Waals surface area contributed by atoms with Gasteiger partial charge < -0.3 is 0 Å². The first-order valence-electron chi connectivity index (χ1n) is 6.21. The number of carbonyl (C=O) groups is 1. The van der Waals surface area contributed by atoms with Gasteiger partial charge in [-0.15, -0.1) is 0 Å². The first-order chi connectivity index (χ1) is 10.4. The van der Waals surface area contributed by atoms with Crippen LogP contribution in [0.2, 0.25) is 0 Å². The lowest BCUT2D eigenvalue weighted by atomic mass is 10.2. The van der Waals surface area contributed by atoms with E-state index in [1.54, 1.807) is 6.07 Å². The summed E-state index contributed by atoms with van der Waals surface area (Å²) in [5.41, 5.74) is -0.297. The number of carbonyl (C=O) groups excluding carboxylic acids is 1. The summed E-state index contributed by atoms with van der Waals surface area (Å²) in [6.07, 6.45) is 0.330. The first-order valence-corrected chi connectivity index (χ1v) is 7.65. The lowest BCUT2D eigenvalue weighted by molar-refractivity contribution is 0.111. The van der Waals surface area contributed by atoms with Crippen molar-refractivity contribution in [2.24, 2.45) is 0 Å². The number of halogens is 2. The minimum Gasteiger partial charge on any atom is -0.296 e. The van der Waals surface area contributed by atoms with Crippen LogP contribution in [0.1, 0.15) is 10.5 Å². The Morgan fingerprint density at radius 3 is 2.23 bits per heavy atom. The van der Waals surface area contributed by atoms with Crippen LogP contribution in [0, 0.1) is 11.6 Å². The topological polar surface area (TPSA) is 56.1 Å². The maximum absolute atomic E-state index is 13.5. The van der Waals surface area contributed by atoms with E-state index in [1.807, 2.05) is 0 Å². The van der Waals surface area contributed by atoms with E-state index in [0.717, 1.165) is 12.1 Å². The molecule has 0 bridgehead atoms. The second-order valence-electron chi connectivity index (χ2n) is 4.59. The third kappa shape index (κ3) is 2.10. The minimum atomic E-state index is -4.10. The summed E-state index contributed by atoms with van der Waals surface area (Å²) in [6, 6.07) is 10.2. The fourth-order valence-corrected chi connectivity index (χ4v) is 3.75. The number of fused-ring (bicyclic) bond motifs is 1. The summed E-state index contributed by atoms with van der Waals surface area (Å²) in [4.78, 5) is 11.1. The van der Waals surface area contributed by atoms with Gasteiger partial charge in [0.15, 0.2) is 17.9 Å². The third-order valence-corrected chi connectivity index (χ3v) is 4.98. The summed E-state index contributed by atoms with van der Waals surface area (Å²) < 4.78 is 52.8. The Morgan fingerprint density at radius 2 is 1.59 bits per heavy atom. The van der Waals surface area contributed by atoms with Crippen molar-refractivity contribution >= 4 is 27.2 Å². The van der Waals surface area contributed by atoms with Crippen LogP contribution >= 0.6 is 0 Å². The summed E-state index contributed by atoms with van der Waals surface area (Å²) in [5.74, 6) is -2.30. The molecule has 0 saturated heterocycles. The van der Waals surface area contributed by atoms with E-state index in [-0.39, 0.29) is 21.5 Å². The molecule has 0 spiro atoms. The average Bonchev–Trinajstić information content (AvgIpc) is 2.87. The molecule has 2 aromatic carbocycles. The number of aldehydes is 1. The van der Waals surface area contributed by atoms with Gasteiger partial charge in [-0.1, -0.05) is 18.2 Å². The fourth-order valence-electron chi connectivity index (χ4n) is 2.25. The highest BCUT2D eigenvalue weighted by molar-refractivity contribution is 7.90. The number of rotatable bonds is 3. The second-order valence-corrected chi connectivity index (χ2v) is 6.38. The smallest absolute Gasteiger partial charge is 0.268 e. The zero-order chi connectivity index (χ0) is 15.9. The van der Waals surface area contributed by atoms with Crippen molar-refractivity contribution in [2.45, 2.75) is 4.90 Å². The highest BCUT2D eigenvalue weighted by Crippen LogP contribution is 2.26. The summed E-state index contributed by atoms with van der Waals surface area (Å²) in [5, 5.41) is 0.125. The van der Waals surface area contributed by atoms with E-state index >= 15 is 0 Å². The maximum Gasteiger partial charge on any atom is 0.268 e. The lowest BCUT2D eigenvalue weighted by Crippen LogP contribution is -2.15. The monoisotopic (exact) mass is 321 g/mol. The molecule has 112 valence electrons. The van der Waals surface area contributed by atoms with Crippen LogP contribution in [0.25, 0.3) is 10.9 Å². The van der Waals surface area contributed by atoms with Crippen LogP contribution in [-0.2, 0) is 10.0 Å². The molecule has 0 fully saturated rings. The van der Waals surface area contributed by atoms with E-state index in [2.05, 4.69) is 0 Å². The SMILES string of the molecule is O=Cc1cc2cc(F)c(F)cc2n1S(=O)(=O)c1ccccc1. The highest BCUT2D eigenvalue weighted by atomic mass is 32.2. The summed E-state index contributed by atoms with van der Waals surface area (Å²) in [7, 11) is -4.10. The van der Waals surface area contributed by atoms with Crippen LogP contribution in [0.15, 0.2) is 53.4 Å². The molecule has 0 unspecified atom stereocenters. The molecule has 4 nitrogen and oxygen atoms in total. The second kappa shape index (κ2) is 5.03. The molecular weight excluding hydrogens is 312 g/mol. The van der Waals surface area contributed by atoms with Crippen molar-refractivity contribution in [1.29, 1.82) is 0 Å². The molecule has 0 saturated carbocycles. The van der Waals surface area contributed by atoms with E-state index in [1.165, 1.54) is 30.3 Å². The Hall–Kier alpha value is -2.54. The fraction of sp³-hybridized carbons (Fsp3) is 0. The first kappa shape index (κ1) is 14.4. The van der Waals surface area contributed by atoms with Crippen molar-refractivity contribution < 1.29 is 22.0 Å². The molecule has 0 aliphatic rings. The zero-order valence-corrected chi connectivity index (χ0v) is 11.8. The van der Waals surface area contributed by atoms with Crippen LogP contribution in [0.4, 0.5) is 8.78 Å².